The smallest absolute Gasteiger partial charge is 0.264 e. The van der Waals surface area contributed by atoms with Gasteiger partial charge in [0, 0.05) is 25.6 Å². The zero-order chi connectivity index (χ0) is 20.3. The number of nitrogens with zero attached hydrogens (tertiary/aromatic N) is 1. The van der Waals surface area contributed by atoms with Crippen LogP contribution in [0.15, 0.2) is 52.0 Å². The molecule has 2 N–H and O–H groups in total. The predicted octanol–water partition coefficient (Wildman–Crippen LogP) is 1.09. The highest BCUT2D eigenvalue weighted by atomic mass is 32.2. The van der Waals surface area contributed by atoms with Gasteiger partial charge in [-0.15, -0.1) is 0 Å². The van der Waals surface area contributed by atoms with Crippen LogP contribution in [0, 0.1) is 5.92 Å². The van der Waals surface area contributed by atoms with Gasteiger partial charge in [0.1, 0.15) is 5.76 Å². The molecule has 0 bridgehead atoms. The molecule has 1 aromatic carbocycles. The molecule has 148 valence electrons. The molecule has 1 aliphatic heterocycles. The van der Waals surface area contributed by atoms with Gasteiger partial charge in [-0.05, 0) is 36.4 Å². The van der Waals surface area contributed by atoms with Crippen molar-refractivity contribution in [3.05, 3.63) is 48.4 Å². The summed E-state index contributed by atoms with van der Waals surface area (Å²) in [7, 11) is -3.93. The minimum absolute atomic E-state index is 0.0960. The number of benzene rings is 1. The molecule has 3 rings (SSSR count). The Morgan fingerprint density at radius 1 is 1.21 bits per heavy atom. The number of nitrogens with one attached hydrogen (secondary N) is 2. The van der Waals surface area contributed by atoms with E-state index in [4.69, 9.17) is 4.42 Å². The van der Waals surface area contributed by atoms with E-state index < -0.39 is 21.8 Å². The first-order valence-corrected chi connectivity index (χ1v) is 9.97. The molecule has 2 heterocycles. The first kappa shape index (κ1) is 19.6. The number of carbonyl (C=O) groups excluding carboxylic acids is 3. The number of carbonyl (C=O) groups is 3. The largest absolute Gasteiger partial charge is 0.467 e. The molecular formula is C18H19N3O6S. The summed E-state index contributed by atoms with van der Waals surface area (Å²) in [6.07, 6.45) is 1.62. The van der Waals surface area contributed by atoms with E-state index in [1.54, 1.807) is 17.0 Å². The van der Waals surface area contributed by atoms with Gasteiger partial charge < -0.3 is 14.6 Å². The molecule has 1 aliphatic rings. The zero-order valence-corrected chi connectivity index (χ0v) is 15.9. The van der Waals surface area contributed by atoms with E-state index in [9.17, 15) is 22.8 Å². The number of anilines is 1. The average Bonchev–Trinajstić information content (AvgIpc) is 3.25. The normalized spacial score (nSPS) is 16.8. The molecular weight excluding hydrogens is 386 g/mol. The predicted molar refractivity (Wildman–Crippen MR) is 98.3 cm³/mol. The molecule has 10 heteroatoms. The van der Waals surface area contributed by atoms with Gasteiger partial charge in [-0.1, -0.05) is 0 Å². The SMILES string of the molecule is CC(=O)NS(=O)(=O)c1ccc(NC(=O)[C@@H]2CC(=O)N(Cc3ccco3)C2)cc1. The maximum Gasteiger partial charge on any atom is 0.264 e. The van der Waals surface area contributed by atoms with E-state index in [2.05, 4.69) is 5.32 Å². The van der Waals surface area contributed by atoms with Crippen molar-refractivity contribution in [1.82, 2.24) is 9.62 Å². The monoisotopic (exact) mass is 405 g/mol. The van der Waals surface area contributed by atoms with Crippen molar-refractivity contribution in [3.63, 3.8) is 0 Å². The van der Waals surface area contributed by atoms with E-state index in [0.717, 1.165) is 6.92 Å². The van der Waals surface area contributed by atoms with Crippen LogP contribution in [0.1, 0.15) is 19.1 Å². The van der Waals surface area contributed by atoms with Crippen LogP contribution < -0.4 is 10.0 Å². The Hall–Kier alpha value is -3.14. The summed E-state index contributed by atoms with van der Waals surface area (Å²) in [5, 5.41) is 2.68. The van der Waals surface area contributed by atoms with Crippen molar-refractivity contribution in [3.8, 4) is 0 Å². The third kappa shape index (κ3) is 4.58. The Morgan fingerprint density at radius 2 is 1.93 bits per heavy atom. The van der Waals surface area contributed by atoms with Gasteiger partial charge in [-0.25, -0.2) is 13.1 Å². The Bertz CT molecular complexity index is 983. The lowest BCUT2D eigenvalue weighted by molar-refractivity contribution is -0.128. The highest BCUT2D eigenvalue weighted by Crippen LogP contribution is 2.22. The van der Waals surface area contributed by atoms with Crippen molar-refractivity contribution >= 4 is 33.4 Å². The van der Waals surface area contributed by atoms with Crippen LogP contribution in [-0.4, -0.2) is 37.6 Å². The number of likely N-dealkylation sites (tertiary alicyclic amines) is 1. The molecule has 1 saturated heterocycles. The minimum atomic E-state index is -3.93. The van der Waals surface area contributed by atoms with E-state index >= 15 is 0 Å². The van der Waals surface area contributed by atoms with E-state index in [1.807, 2.05) is 4.72 Å². The second-order valence-corrected chi connectivity index (χ2v) is 8.11. The summed E-state index contributed by atoms with van der Waals surface area (Å²) < 4.78 is 30.9. The van der Waals surface area contributed by atoms with Crippen LogP contribution in [0.3, 0.4) is 0 Å². The van der Waals surface area contributed by atoms with E-state index in [-0.39, 0.29) is 29.7 Å². The van der Waals surface area contributed by atoms with E-state index in [1.165, 1.54) is 30.5 Å². The van der Waals surface area contributed by atoms with Crippen molar-refractivity contribution in [2.45, 2.75) is 24.8 Å². The summed E-state index contributed by atoms with van der Waals surface area (Å²) in [4.78, 5) is 37.0. The second kappa shape index (κ2) is 7.85. The third-order valence-corrected chi connectivity index (χ3v) is 5.67. The zero-order valence-electron chi connectivity index (χ0n) is 15.0. The molecule has 3 amide bonds. The number of hydrogen-bond acceptors (Lipinski definition) is 6. The van der Waals surface area contributed by atoms with Gasteiger partial charge in [0.2, 0.25) is 17.7 Å². The van der Waals surface area contributed by atoms with Crippen LogP contribution in [-0.2, 0) is 31.0 Å². The first-order chi connectivity index (χ1) is 13.2. The second-order valence-electron chi connectivity index (χ2n) is 6.43. The number of furan rings is 1. The number of hydrogen-bond donors (Lipinski definition) is 2. The number of rotatable bonds is 6. The van der Waals surface area contributed by atoms with Crippen LogP contribution >= 0.6 is 0 Å². The summed E-state index contributed by atoms with van der Waals surface area (Å²) in [5.41, 5.74) is 0.392. The molecule has 1 fully saturated rings. The topological polar surface area (TPSA) is 126 Å². The number of sulfonamides is 1. The maximum absolute atomic E-state index is 12.4. The molecule has 28 heavy (non-hydrogen) atoms. The molecule has 0 saturated carbocycles. The van der Waals surface area contributed by atoms with Gasteiger partial charge in [-0.3, -0.25) is 14.4 Å². The third-order valence-electron chi connectivity index (χ3n) is 4.22. The van der Waals surface area contributed by atoms with Crippen LogP contribution in [0.4, 0.5) is 5.69 Å². The fourth-order valence-electron chi connectivity index (χ4n) is 2.90. The number of amides is 3. The molecule has 1 atom stereocenters. The molecule has 9 nitrogen and oxygen atoms in total. The van der Waals surface area contributed by atoms with Gasteiger partial charge >= 0.3 is 0 Å². The lowest BCUT2D eigenvalue weighted by Crippen LogP contribution is -2.28. The standard InChI is InChI=1S/C18H19N3O6S/c1-12(22)20-28(25,26)16-6-4-14(5-7-16)19-18(24)13-9-17(23)21(10-13)11-15-3-2-8-27-15/h2-8,13H,9-11H2,1H3,(H,19,24)(H,20,22)/t13-/m1/s1. The molecule has 0 aliphatic carbocycles. The quantitative estimate of drug-likeness (QED) is 0.741. The molecule has 0 unspecified atom stereocenters. The van der Waals surface area contributed by atoms with Crippen molar-refractivity contribution in [2.75, 3.05) is 11.9 Å². The highest BCUT2D eigenvalue weighted by Gasteiger charge is 2.34. The van der Waals surface area contributed by atoms with Gasteiger partial charge in [0.15, 0.2) is 0 Å². The highest BCUT2D eigenvalue weighted by molar-refractivity contribution is 7.90. The summed E-state index contributed by atoms with van der Waals surface area (Å²) in [6.45, 7) is 1.69. The minimum Gasteiger partial charge on any atom is -0.467 e. The van der Waals surface area contributed by atoms with Crippen LogP contribution in [0.5, 0.6) is 0 Å². The Balaban J connectivity index is 1.60. The molecule has 1 aromatic heterocycles. The van der Waals surface area contributed by atoms with Gasteiger partial charge in [0.05, 0.1) is 23.6 Å². The average molecular weight is 405 g/mol. The fourth-order valence-corrected chi connectivity index (χ4v) is 3.89. The Labute approximate surface area is 161 Å². The van der Waals surface area contributed by atoms with Crippen molar-refractivity contribution in [2.24, 2.45) is 5.92 Å². The lowest BCUT2D eigenvalue weighted by atomic mass is 10.1. The van der Waals surface area contributed by atoms with E-state index in [0.29, 0.717) is 18.0 Å². The van der Waals surface area contributed by atoms with Gasteiger partial charge in [-0.2, -0.15) is 0 Å². The molecule has 0 radical (unpaired) electrons. The molecule has 2 aromatic rings. The fraction of sp³-hybridized carbons (Fsp3) is 0.278. The maximum atomic E-state index is 12.4. The Kier molecular flexibility index (Phi) is 5.50. The summed E-state index contributed by atoms with van der Waals surface area (Å²) >= 11 is 0. The molecule has 0 spiro atoms. The van der Waals surface area contributed by atoms with Crippen molar-refractivity contribution < 1.29 is 27.2 Å². The lowest BCUT2D eigenvalue weighted by Gasteiger charge is -2.15. The Morgan fingerprint density at radius 3 is 2.54 bits per heavy atom. The van der Waals surface area contributed by atoms with Crippen LogP contribution in [0.25, 0.3) is 0 Å². The first-order valence-electron chi connectivity index (χ1n) is 8.49. The van der Waals surface area contributed by atoms with Crippen LogP contribution in [0.2, 0.25) is 0 Å². The summed E-state index contributed by atoms with van der Waals surface area (Å²) in [5.74, 6) is -1.01. The van der Waals surface area contributed by atoms with Gasteiger partial charge in [0.25, 0.3) is 10.0 Å². The van der Waals surface area contributed by atoms with Crippen molar-refractivity contribution in [1.29, 1.82) is 0 Å². The summed E-state index contributed by atoms with van der Waals surface area (Å²) in [6, 6.07) is 8.90.